The van der Waals surface area contributed by atoms with Crippen LogP contribution in [0.5, 0.6) is 0 Å². The molecule has 1 aromatic carbocycles. The van der Waals surface area contributed by atoms with Gasteiger partial charge in [0.25, 0.3) is 0 Å². The van der Waals surface area contributed by atoms with Crippen molar-refractivity contribution in [2.75, 3.05) is 10.5 Å². The molecule has 0 spiro atoms. The summed E-state index contributed by atoms with van der Waals surface area (Å²) in [4.78, 5) is 0. The molecule has 0 saturated heterocycles. The molecule has 0 amide bonds. The largest absolute Gasteiger partial charge is 0.283 e. The second-order valence-corrected chi connectivity index (χ2v) is 5.56. The summed E-state index contributed by atoms with van der Waals surface area (Å²) < 4.78 is 25.6. The Labute approximate surface area is 97.1 Å². The quantitative estimate of drug-likeness (QED) is 0.925. The molecular weight excluding hydrogens is 280 g/mol. The topological polar surface area (TPSA) is 70.0 Å². The number of anilines is 1. The summed E-state index contributed by atoms with van der Waals surface area (Å²) in [6.45, 7) is 1.90. The minimum atomic E-state index is -3.55. The lowest BCUT2D eigenvalue weighted by Gasteiger charge is -2.06. The van der Waals surface area contributed by atoms with Crippen LogP contribution in [0.4, 0.5) is 5.69 Å². The molecule has 0 heterocycles. The predicted octanol–water partition coefficient (Wildman–Crippen LogP) is 2.02. The van der Waals surface area contributed by atoms with Gasteiger partial charge in [0, 0.05) is 10.2 Å². The molecule has 6 heteroatoms. The van der Waals surface area contributed by atoms with Crippen LogP contribution in [-0.2, 0) is 10.0 Å². The number of sulfonamides is 1. The molecule has 0 saturated carbocycles. The van der Waals surface area contributed by atoms with Crippen molar-refractivity contribution in [1.29, 1.82) is 5.26 Å². The summed E-state index contributed by atoms with van der Waals surface area (Å²) in [5.41, 5.74) is 1.46. The van der Waals surface area contributed by atoms with Gasteiger partial charge < -0.3 is 0 Å². The maximum atomic E-state index is 11.2. The van der Waals surface area contributed by atoms with Gasteiger partial charge in [0.1, 0.15) is 0 Å². The number of rotatable bonds is 3. The number of nitrogens with zero attached hydrogens (tertiary/aromatic N) is 1. The number of halogens is 1. The van der Waals surface area contributed by atoms with Gasteiger partial charge in [-0.05, 0) is 24.6 Å². The third kappa shape index (κ3) is 3.53. The second-order valence-electron chi connectivity index (χ2n) is 2.98. The fraction of sp³-hybridized carbons (Fsp3) is 0.222. The number of aryl methyl sites for hydroxylation is 1. The number of benzene rings is 1. The van der Waals surface area contributed by atoms with E-state index in [1.165, 1.54) is 0 Å². The Morgan fingerprint density at radius 2 is 2.20 bits per heavy atom. The molecule has 1 N–H and O–H groups in total. The van der Waals surface area contributed by atoms with Gasteiger partial charge >= 0.3 is 0 Å². The van der Waals surface area contributed by atoms with Crippen molar-refractivity contribution in [1.82, 2.24) is 0 Å². The average Bonchev–Trinajstić information content (AvgIpc) is 2.10. The lowest BCUT2D eigenvalue weighted by atomic mass is 10.2. The zero-order valence-electron chi connectivity index (χ0n) is 7.99. The Balaban J connectivity index is 2.92. The third-order valence-electron chi connectivity index (χ3n) is 1.70. The van der Waals surface area contributed by atoms with Gasteiger partial charge in [0.2, 0.25) is 10.0 Å². The summed E-state index contributed by atoms with van der Waals surface area (Å²) in [6.07, 6.45) is 0. The van der Waals surface area contributed by atoms with E-state index in [0.717, 1.165) is 10.0 Å². The highest BCUT2D eigenvalue weighted by molar-refractivity contribution is 9.10. The van der Waals surface area contributed by atoms with Crippen molar-refractivity contribution >= 4 is 31.6 Å². The fourth-order valence-corrected chi connectivity index (χ4v) is 2.06. The average molecular weight is 289 g/mol. The first-order chi connectivity index (χ1) is 6.94. The Bertz CT molecular complexity index is 505. The van der Waals surface area contributed by atoms with Crippen LogP contribution in [-0.4, -0.2) is 14.2 Å². The van der Waals surface area contributed by atoms with E-state index >= 15 is 0 Å². The molecule has 15 heavy (non-hydrogen) atoms. The molecule has 0 aromatic heterocycles. The molecule has 80 valence electrons. The Hall–Kier alpha value is -1.06. The molecule has 0 unspecified atom stereocenters. The molecule has 0 atom stereocenters. The number of hydrogen-bond acceptors (Lipinski definition) is 3. The highest BCUT2D eigenvalue weighted by atomic mass is 79.9. The summed E-state index contributed by atoms with van der Waals surface area (Å²) >= 11 is 3.29. The van der Waals surface area contributed by atoms with Crippen LogP contribution in [0.3, 0.4) is 0 Å². The van der Waals surface area contributed by atoms with Crippen LogP contribution < -0.4 is 4.72 Å². The third-order valence-corrected chi connectivity index (χ3v) is 3.61. The van der Waals surface area contributed by atoms with Gasteiger partial charge in [0.15, 0.2) is 5.75 Å². The van der Waals surface area contributed by atoms with Crippen molar-refractivity contribution in [3.63, 3.8) is 0 Å². The molecule has 0 radical (unpaired) electrons. The number of hydrogen-bond donors (Lipinski definition) is 1. The van der Waals surface area contributed by atoms with Gasteiger partial charge in [-0.15, -0.1) is 0 Å². The van der Waals surface area contributed by atoms with E-state index in [9.17, 15) is 8.42 Å². The summed E-state index contributed by atoms with van der Waals surface area (Å²) in [5, 5.41) is 8.30. The lowest BCUT2D eigenvalue weighted by Crippen LogP contribution is -2.15. The van der Waals surface area contributed by atoms with Crippen molar-refractivity contribution < 1.29 is 8.42 Å². The van der Waals surface area contributed by atoms with Crippen LogP contribution >= 0.6 is 15.9 Å². The predicted molar refractivity (Wildman–Crippen MR) is 61.9 cm³/mol. The van der Waals surface area contributed by atoms with Crippen molar-refractivity contribution in [2.24, 2.45) is 0 Å². The normalized spacial score (nSPS) is 10.7. The van der Waals surface area contributed by atoms with Gasteiger partial charge in [-0.2, -0.15) is 5.26 Å². The monoisotopic (exact) mass is 288 g/mol. The molecule has 4 nitrogen and oxygen atoms in total. The molecule has 1 rings (SSSR count). The van der Waals surface area contributed by atoms with E-state index in [4.69, 9.17) is 5.26 Å². The Morgan fingerprint density at radius 3 is 2.73 bits per heavy atom. The van der Waals surface area contributed by atoms with E-state index in [2.05, 4.69) is 20.7 Å². The van der Waals surface area contributed by atoms with E-state index in [1.54, 1.807) is 24.3 Å². The molecule has 0 aliphatic rings. The van der Waals surface area contributed by atoms with Crippen LogP contribution in [0.15, 0.2) is 22.7 Å². The van der Waals surface area contributed by atoms with E-state index in [1.807, 2.05) is 6.92 Å². The molecule has 0 fully saturated rings. The maximum Gasteiger partial charge on any atom is 0.246 e. The lowest BCUT2D eigenvalue weighted by molar-refractivity contribution is 0.604. The second kappa shape index (κ2) is 4.64. The van der Waals surface area contributed by atoms with Gasteiger partial charge in [0.05, 0.1) is 6.07 Å². The van der Waals surface area contributed by atoms with Crippen LogP contribution in [0.25, 0.3) is 0 Å². The van der Waals surface area contributed by atoms with Crippen LogP contribution in [0.1, 0.15) is 5.56 Å². The number of nitrogens with one attached hydrogen (secondary N) is 1. The highest BCUT2D eigenvalue weighted by Crippen LogP contribution is 2.21. The molecule has 0 bridgehead atoms. The Kier molecular flexibility index (Phi) is 3.72. The van der Waals surface area contributed by atoms with Gasteiger partial charge in [-0.25, -0.2) is 8.42 Å². The van der Waals surface area contributed by atoms with Crippen LogP contribution in [0, 0.1) is 18.3 Å². The summed E-state index contributed by atoms with van der Waals surface area (Å²) in [7, 11) is -3.55. The first-order valence-electron chi connectivity index (χ1n) is 4.08. The number of nitriles is 1. The minimum Gasteiger partial charge on any atom is -0.283 e. The molecule has 1 aromatic rings. The smallest absolute Gasteiger partial charge is 0.246 e. The Morgan fingerprint density at radius 1 is 1.53 bits per heavy atom. The maximum absolute atomic E-state index is 11.2. The fourth-order valence-electron chi connectivity index (χ4n) is 0.957. The van der Waals surface area contributed by atoms with E-state index < -0.39 is 15.8 Å². The standard InChI is InChI=1S/C9H9BrN2O2S/c1-7-2-3-8(6-9(7)10)12-15(13,14)5-4-11/h2-3,6,12H,5H2,1H3. The van der Waals surface area contributed by atoms with Gasteiger partial charge in [-0.1, -0.05) is 22.0 Å². The molecule has 0 aliphatic heterocycles. The van der Waals surface area contributed by atoms with Gasteiger partial charge in [-0.3, -0.25) is 4.72 Å². The molecule has 0 aliphatic carbocycles. The van der Waals surface area contributed by atoms with E-state index in [-0.39, 0.29) is 0 Å². The van der Waals surface area contributed by atoms with E-state index in [0.29, 0.717) is 5.69 Å². The first kappa shape index (κ1) is 12.0. The van der Waals surface area contributed by atoms with Crippen molar-refractivity contribution in [2.45, 2.75) is 6.92 Å². The molecular formula is C9H9BrN2O2S. The van der Waals surface area contributed by atoms with Crippen molar-refractivity contribution in [3.05, 3.63) is 28.2 Å². The summed E-state index contributed by atoms with van der Waals surface area (Å²) in [5.74, 6) is -0.543. The minimum absolute atomic E-state index is 0.447. The first-order valence-corrected chi connectivity index (χ1v) is 6.53. The highest BCUT2D eigenvalue weighted by Gasteiger charge is 2.09. The summed E-state index contributed by atoms with van der Waals surface area (Å²) in [6, 6.07) is 6.68. The SMILES string of the molecule is Cc1ccc(NS(=O)(=O)CC#N)cc1Br. The zero-order valence-corrected chi connectivity index (χ0v) is 10.4. The zero-order chi connectivity index (χ0) is 11.5. The van der Waals surface area contributed by atoms with Crippen LogP contribution in [0.2, 0.25) is 0 Å². The van der Waals surface area contributed by atoms with Crippen molar-refractivity contribution in [3.8, 4) is 6.07 Å².